The highest BCUT2D eigenvalue weighted by molar-refractivity contribution is 6.07. The molecule has 10 aromatic rings. The molecule has 0 saturated carbocycles. The van der Waals surface area contributed by atoms with Crippen LogP contribution in [0.5, 0.6) is 0 Å². The highest BCUT2D eigenvalue weighted by Crippen LogP contribution is 2.50. The summed E-state index contributed by atoms with van der Waals surface area (Å²) < 4.78 is 0. The Balaban J connectivity index is 1.28. The van der Waals surface area contributed by atoms with Crippen molar-refractivity contribution < 1.29 is 0 Å². The lowest BCUT2D eigenvalue weighted by Crippen LogP contribution is -2.13. The number of hydrogen-bond acceptors (Lipinski definition) is 1. The summed E-state index contributed by atoms with van der Waals surface area (Å²) in [4.78, 5) is 2.48. The van der Waals surface area contributed by atoms with Crippen molar-refractivity contribution in [1.82, 2.24) is 0 Å². The van der Waals surface area contributed by atoms with E-state index in [0.717, 1.165) is 28.2 Å². The molecule has 0 spiro atoms. The van der Waals surface area contributed by atoms with Gasteiger partial charge < -0.3 is 4.90 Å². The van der Waals surface area contributed by atoms with Gasteiger partial charge in [-0.2, -0.15) is 0 Å². The molecule has 268 valence electrons. The maximum atomic E-state index is 2.48. The molecular weight excluding hydrogens is 687 g/mol. The Morgan fingerprint density at radius 3 is 1.51 bits per heavy atom. The van der Waals surface area contributed by atoms with Crippen LogP contribution in [0.25, 0.3) is 77.2 Å². The van der Waals surface area contributed by atoms with E-state index in [9.17, 15) is 0 Å². The highest BCUT2D eigenvalue weighted by atomic mass is 15.1. The van der Waals surface area contributed by atoms with Crippen molar-refractivity contribution in [1.29, 1.82) is 0 Å². The van der Waals surface area contributed by atoms with E-state index in [-0.39, 0.29) is 0 Å². The van der Waals surface area contributed by atoms with E-state index in [4.69, 9.17) is 0 Å². The Bertz CT molecular complexity index is 2980. The third-order valence-corrected chi connectivity index (χ3v) is 11.1. The SMILES string of the molecule is c1ccc(-c2ccc(N(c3ccc(-c4ccccc4)cc3-c3ccccc3)c3cccc(-c4ccc5ccccc5c4)c3-c3cccc4ccccc34)cc2)cc1. The van der Waals surface area contributed by atoms with Crippen LogP contribution in [0.1, 0.15) is 0 Å². The van der Waals surface area contributed by atoms with Crippen LogP contribution in [0.4, 0.5) is 17.1 Å². The van der Waals surface area contributed by atoms with Crippen molar-refractivity contribution in [3.8, 4) is 55.6 Å². The quantitative estimate of drug-likeness (QED) is 0.151. The van der Waals surface area contributed by atoms with Crippen LogP contribution in [0, 0.1) is 0 Å². The molecular formula is C56H39N. The molecule has 0 unspecified atom stereocenters. The van der Waals surface area contributed by atoms with Gasteiger partial charge in [-0.3, -0.25) is 0 Å². The van der Waals surface area contributed by atoms with Gasteiger partial charge in [0.1, 0.15) is 0 Å². The highest BCUT2D eigenvalue weighted by Gasteiger charge is 2.24. The van der Waals surface area contributed by atoms with Gasteiger partial charge in [-0.05, 0) is 102 Å². The van der Waals surface area contributed by atoms with Gasteiger partial charge in [0, 0.05) is 16.8 Å². The van der Waals surface area contributed by atoms with E-state index in [0.29, 0.717) is 0 Å². The van der Waals surface area contributed by atoms with Gasteiger partial charge in [-0.15, -0.1) is 0 Å². The Kier molecular flexibility index (Phi) is 8.95. The zero-order chi connectivity index (χ0) is 38.0. The van der Waals surface area contributed by atoms with Gasteiger partial charge in [0.15, 0.2) is 0 Å². The molecule has 1 nitrogen and oxygen atoms in total. The molecule has 1 heteroatoms. The summed E-state index contributed by atoms with van der Waals surface area (Å²) in [5.41, 5.74) is 15.1. The molecule has 0 radical (unpaired) electrons. The molecule has 10 rings (SSSR count). The molecule has 0 amide bonds. The van der Waals surface area contributed by atoms with Gasteiger partial charge in [0.2, 0.25) is 0 Å². The Morgan fingerprint density at radius 1 is 0.246 bits per heavy atom. The average molecular weight is 726 g/mol. The second kappa shape index (κ2) is 15.0. The van der Waals surface area contributed by atoms with Crippen LogP contribution in [0.15, 0.2) is 237 Å². The molecule has 10 aromatic carbocycles. The van der Waals surface area contributed by atoms with Crippen LogP contribution in [0.2, 0.25) is 0 Å². The topological polar surface area (TPSA) is 3.24 Å². The Labute approximate surface area is 334 Å². The standard InChI is InChI=1S/C56H39N/c1-4-16-40(17-5-1)43-32-35-49(36-33-43)57(54-37-34-47(41-18-6-2-7-19-41)39-53(54)45-21-8-3-9-22-45)55-29-15-27-51(48-31-30-42-20-10-11-24-46(42)38-48)56(55)52-28-14-25-44-23-12-13-26-50(44)52/h1-39H. The first-order chi connectivity index (χ1) is 28.3. The number of benzene rings is 10. The number of nitrogens with zero attached hydrogens (tertiary/aromatic N) is 1. The van der Waals surface area contributed by atoms with Crippen molar-refractivity contribution in [2.45, 2.75) is 0 Å². The van der Waals surface area contributed by atoms with Crippen molar-refractivity contribution in [3.05, 3.63) is 237 Å². The zero-order valence-electron chi connectivity index (χ0n) is 31.5. The maximum Gasteiger partial charge on any atom is 0.0546 e. The van der Waals surface area contributed by atoms with Crippen LogP contribution in [-0.2, 0) is 0 Å². The predicted molar refractivity (Wildman–Crippen MR) is 243 cm³/mol. The molecule has 0 aliphatic heterocycles. The monoisotopic (exact) mass is 725 g/mol. The summed E-state index contributed by atoms with van der Waals surface area (Å²) in [5.74, 6) is 0. The van der Waals surface area contributed by atoms with E-state index >= 15 is 0 Å². The third-order valence-electron chi connectivity index (χ3n) is 11.1. The molecule has 0 N–H and O–H groups in total. The number of hydrogen-bond donors (Lipinski definition) is 0. The van der Waals surface area contributed by atoms with E-state index in [1.165, 1.54) is 66.1 Å². The van der Waals surface area contributed by atoms with Gasteiger partial charge in [-0.1, -0.05) is 200 Å². The fraction of sp³-hybridized carbons (Fsp3) is 0. The van der Waals surface area contributed by atoms with Gasteiger partial charge in [0.05, 0.1) is 11.4 Å². The van der Waals surface area contributed by atoms with Crippen LogP contribution >= 0.6 is 0 Å². The number of rotatable bonds is 8. The first-order valence-corrected chi connectivity index (χ1v) is 19.6. The summed E-state index contributed by atoms with van der Waals surface area (Å²) in [6, 6.07) is 85.9. The van der Waals surface area contributed by atoms with E-state index in [1.807, 2.05) is 0 Å². The lowest BCUT2D eigenvalue weighted by atomic mass is 9.88. The molecule has 0 aliphatic rings. The van der Waals surface area contributed by atoms with Crippen LogP contribution in [-0.4, -0.2) is 0 Å². The molecule has 0 fully saturated rings. The van der Waals surface area contributed by atoms with E-state index in [1.54, 1.807) is 0 Å². The van der Waals surface area contributed by atoms with Crippen molar-refractivity contribution >= 4 is 38.6 Å². The molecule has 0 saturated heterocycles. The summed E-state index contributed by atoms with van der Waals surface area (Å²) >= 11 is 0. The zero-order valence-corrected chi connectivity index (χ0v) is 31.5. The first kappa shape index (κ1) is 34.0. The lowest BCUT2D eigenvalue weighted by molar-refractivity contribution is 1.28. The van der Waals surface area contributed by atoms with Gasteiger partial charge >= 0.3 is 0 Å². The smallest absolute Gasteiger partial charge is 0.0546 e. The van der Waals surface area contributed by atoms with Crippen molar-refractivity contribution in [2.75, 3.05) is 4.90 Å². The summed E-state index contributed by atoms with van der Waals surface area (Å²) in [7, 11) is 0. The van der Waals surface area contributed by atoms with Crippen LogP contribution < -0.4 is 4.90 Å². The van der Waals surface area contributed by atoms with Crippen LogP contribution in [0.3, 0.4) is 0 Å². The van der Waals surface area contributed by atoms with Gasteiger partial charge in [0.25, 0.3) is 0 Å². The van der Waals surface area contributed by atoms with Crippen molar-refractivity contribution in [3.63, 3.8) is 0 Å². The number of fused-ring (bicyclic) bond motifs is 2. The normalized spacial score (nSPS) is 11.2. The molecule has 57 heavy (non-hydrogen) atoms. The minimum absolute atomic E-state index is 1.08. The van der Waals surface area contributed by atoms with Gasteiger partial charge in [-0.25, -0.2) is 0 Å². The largest absolute Gasteiger partial charge is 0.309 e. The molecule has 0 aromatic heterocycles. The predicted octanol–water partition coefficient (Wildman–Crippen LogP) is 15.8. The molecule has 0 heterocycles. The average Bonchev–Trinajstić information content (AvgIpc) is 3.30. The maximum absolute atomic E-state index is 2.48. The number of anilines is 3. The molecule has 0 bridgehead atoms. The van der Waals surface area contributed by atoms with E-state index < -0.39 is 0 Å². The Hall–Kier alpha value is -7.48. The molecule has 0 aliphatic carbocycles. The summed E-state index contributed by atoms with van der Waals surface area (Å²) in [5, 5.41) is 4.89. The summed E-state index contributed by atoms with van der Waals surface area (Å²) in [6.45, 7) is 0. The minimum atomic E-state index is 1.08. The fourth-order valence-electron chi connectivity index (χ4n) is 8.28. The first-order valence-electron chi connectivity index (χ1n) is 19.6. The van der Waals surface area contributed by atoms with E-state index in [2.05, 4.69) is 241 Å². The molecule has 0 atom stereocenters. The fourth-order valence-corrected chi connectivity index (χ4v) is 8.28. The Morgan fingerprint density at radius 2 is 0.772 bits per heavy atom. The second-order valence-corrected chi connectivity index (χ2v) is 14.5. The minimum Gasteiger partial charge on any atom is -0.309 e. The second-order valence-electron chi connectivity index (χ2n) is 14.5. The third kappa shape index (κ3) is 6.56. The van der Waals surface area contributed by atoms with Crippen molar-refractivity contribution in [2.24, 2.45) is 0 Å². The summed E-state index contributed by atoms with van der Waals surface area (Å²) in [6.07, 6.45) is 0. The lowest BCUT2D eigenvalue weighted by Gasteiger charge is -2.31.